The summed E-state index contributed by atoms with van der Waals surface area (Å²) in [6.45, 7) is 9.88. The van der Waals surface area contributed by atoms with E-state index in [4.69, 9.17) is 4.99 Å². The first-order chi connectivity index (χ1) is 10.6. The molecule has 1 fully saturated rings. The van der Waals surface area contributed by atoms with Gasteiger partial charge in [0.2, 0.25) is 0 Å². The SMILES string of the molecule is C=C1c2ccsc2N=C2N(c3ccc(CC)cc3)CCC12C. The van der Waals surface area contributed by atoms with Crippen LogP contribution in [0.1, 0.15) is 31.4 Å². The zero-order valence-electron chi connectivity index (χ0n) is 13.1. The van der Waals surface area contributed by atoms with Crippen LogP contribution in [0.4, 0.5) is 10.7 Å². The minimum absolute atomic E-state index is 0.0303. The second-order valence-electron chi connectivity index (χ2n) is 6.31. The summed E-state index contributed by atoms with van der Waals surface area (Å²) in [5.41, 5.74) is 5.05. The molecule has 1 saturated heterocycles. The Balaban J connectivity index is 1.79. The van der Waals surface area contributed by atoms with Crippen molar-refractivity contribution < 1.29 is 0 Å². The maximum absolute atomic E-state index is 4.99. The highest BCUT2D eigenvalue weighted by molar-refractivity contribution is 7.14. The van der Waals surface area contributed by atoms with Gasteiger partial charge in [0.05, 0.1) is 5.41 Å². The number of benzene rings is 1. The summed E-state index contributed by atoms with van der Waals surface area (Å²) in [7, 11) is 0. The number of hydrogen-bond donors (Lipinski definition) is 0. The van der Waals surface area contributed by atoms with Gasteiger partial charge in [0.15, 0.2) is 0 Å². The number of aryl methyl sites for hydroxylation is 1. The molecular weight excluding hydrogens is 288 g/mol. The smallest absolute Gasteiger partial charge is 0.125 e. The number of thiophene rings is 1. The van der Waals surface area contributed by atoms with Crippen molar-refractivity contribution in [2.24, 2.45) is 10.4 Å². The minimum atomic E-state index is -0.0303. The second kappa shape index (κ2) is 4.82. The molecule has 0 radical (unpaired) electrons. The molecule has 4 rings (SSSR count). The van der Waals surface area contributed by atoms with Crippen LogP contribution in [0.5, 0.6) is 0 Å². The van der Waals surface area contributed by atoms with Crippen LogP contribution in [0.2, 0.25) is 0 Å². The first-order valence-electron chi connectivity index (χ1n) is 7.86. The summed E-state index contributed by atoms with van der Waals surface area (Å²) < 4.78 is 0. The average Bonchev–Trinajstić information content (AvgIpc) is 3.14. The van der Waals surface area contributed by atoms with Crippen molar-refractivity contribution in [3.05, 3.63) is 53.4 Å². The van der Waals surface area contributed by atoms with E-state index in [1.54, 1.807) is 11.3 Å². The van der Waals surface area contributed by atoms with Gasteiger partial charge < -0.3 is 4.90 Å². The zero-order chi connectivity index (χ0) is 15.3. The van der Waals surface area contributed by atoms with E-state index in [1.165, 1.54) is 22.4 Å². The molecule has 1 unspecified atom stereocenters. The van der Waals surface area contributed by atoms with Crippen LogP contribution in [-0.4, -0.2) is 12.4 Å². The standard InChI is InChI=1S/C19H20N2S/c1-4-14-5-7-15(8-6-14)21-11-10-19(3)13(2)16-9-12-22-17(16)20-18(19)21/h5-9,12H,2,4,10-11H2,1,3H3. The number of nitrogens with zero attached hydrogens (tertiary/aromatic N) is 2. The molecule has 3 heteroatoms. The third-order valence-electron chi connectivity index (χ3n) is 5.08. The predicted octanol–water partition coefficient (Wildman–Crippen LogP) is 5.28. The van der Waals surface area contributed by atoms with Crippen molar-refractivity contribution in [2.75, 3.05) is 11.4 Å². The van der Waals surface area contributed by atoms with E-state index in [1.807, 2.05) is 0 Å². The summed E-state index contributed by atoms with van der Waals surface area (Å²) in [5.74, 6) is 1.16. The van der Waals surface area contributed by atoms with Gasteiger partial charge in [-0.15, -0.1) is 11.3 Å². The van der Waals surface area contributed by atoms with Gasteiger partial charge in [-0.2, -0.15) is 0 Å². The molecule has 0 amide bonds. The summed E-state index contributed by atoms with van der Waals surface area (Å²) in [5, 5.41) is 3.22. The Labute approximate surface area is 135 Å². The van der Waals surface area contributed by atoms with E-state index in [0.717, 1.165) is 30.2 Å². The third-order valence-corrected chi connectivity index (χ3v) is 5.89. The summed E-state index contributed by atoms with van der Waals surface area (Å²) in [6.07, 6.45) is 2.16. The van der Waals surface area contributed by atoms with E-state index in [-0.39, 0.29) is 5.41 Å². The fourth-order valence-corrected chi connectivity index (χ4v) is 4.28. The number of fused-ring (bicyclic) bond motifs is 2. The molecule has 0 aliphatic carbocycles. The lowest BCUT2D eigenvalue weighted by atomic mass is 9.77. The quantitative estimate of drug-likeness (QED) is 0.736. The Hall–Kier alpha value is -1.87. The molecule has 0 saturated carbocycles. The number of rotatable bonds is 2. The normalized spacial score (nSPS) is 23.3. The Kier molecular flexibility index (Phi) is 3.01. The van der Waals surface area contributed by atoms with E-state index in [9.17, 15) is 0 Å². The Morgan fingerprint density at radius 1 is 1.27 bits per heavy atom. The van der Waals surface area contributed by atoms with Crippen molar-refractivity contribution in [2.45, 2.75) is 26.7 Å². The van der Waals surface area contributed by atoms with Gasteiger partial charge in [0.1, 0.15) is 10.8 Å². The third kappa shape index (κ3) is 1.82. The molecule has 0 N–H and O–H groups in total. The van der Waals surface area contributed by atoms with Crippen LogP contribution >= 0.6 is 11.3 Å². The highest BCUT2D eigenvalue weighted by Crippen LogP contribution is 2.52. The molecule has 0 bridgehead atoms. The van der Waals surface area contributed by atoms with Gasteiger partial charge in [-0.25, -0.2) is 4.99 Å². The van der Waals surface area contributed by atoms with Gasteiger partial charge in [0.25, 0.3) is 0 Å². The number of hydrogen-bond acceptors (Lipinski definition) is 3. The molecule has 1 aromatic heterocycles. The summed E-state index contributed by atoms with van der Waals surface area (Å²) in [6, 6.07) is 11.0. The molecule has 2 aliphatic heterocycles. The highest BCUT2D eigenvalue weighted by Gasteiger charge is 2.46. The predicted molar refractivity (Wildman–Crippen MR) is 96.3 cm³/mol. The van der Waals surface area contributed by atoms with Gasteiger partial charge in [-0.05, 0) is 54.5 Å². The van der Waals surface area contributed by atoms with Crippen molar-refractivity contribution >= 4 is 33.4 Å². The van der Waals surface area contributed by atoms with E-state index in [0.29, 0.717) is 0 Å². The summed E-state index contributed by atoms with van der Waals surface area (Å²) >= 11 is 1.71. The molecular formula is C19H20N2S. The van der Waals surface area contributed by atoms with Gasteiger partial charge >= 0.3 is 0 Å². The number of anilines is 1. The largest absolute Gasteiger partial charge is 0.329 e. The topological polar surface area (TPSA) is 15.6 Å². The average molecular weight is 308 g/mol. The van der Waals surface area contributed by atoms with E-state index >= 15 is 0 Å². The van der Waals surface area contributed by atoms with Crippen molar-refractivity contribution in [1.82, 2.24) is 0 Å². The van der Waals surface area contributed by atoms with Crippen LogP contribution in [0, 0.1) is 5.41 Å². The lowest BCUT2D eigenvalue weighted by Crippen LogP contribution is -2.35. The Morgan fingerprint density at radius 3 is 2.77 bits per heavy atom. The zero-order valence-corrected chi connectivity index (χ0v) is 13.9. The molecule has 22 heavy (non-hydrogen) atoms. The van der Waals surface area contributed by atoms with Crippen LogP contribution in [0.15, 0.2) is 47.3 Å². The molecule has 2 nitrogen and oxygen atoms in total. The number of aliphatic imine (C=N–C) groups is 1. The molecule has 3 heterocycles. The van der Waals surface area contributed by atoms with Crippen LogP contribution in [0.3, 0.4) is 0 Å². The fourth-order valence-electron chi connectivity index (χ4n) is 3.49. The highest BCUT2D eigenvalue weighted by atomic mass is 32.1. The van der Waals surface area contributed by atoms with Gasteiger partial charge in [-0.1, -0.05) is 25.6 Å². The van der Waals surface area contributed by atoms with Crippen molar-refractivity contribution in [1.29, 1.82) is 0 Å². The van der Waals surface area contributed by atoms with Crippen LogP contribution in [-0.2, 0) is 6.42 Å². The maximum atomic E-state index is 4.99. The van der Waals surface area contributed by atoms with Crippen LogP contribution < -0.4 is 4.90 Å². The van der Waals surface area contributed by atoms with Gasteiger partial charge in [0, 0.05) is 17.8 Å². The first-order valence-corrected chi connectivity index (χ1v) is 8.74. The molecule has 112 valence electrons. The van der Waals surface area contributed by atoms with E-state index in [2.05, 4.69) is 61.0 Å². The monoisotopic (exact) mass is 308 g/mol. The lowest BCUT2D eigenvalue weighted by Gasteiger charge is -2.33. The Morgan fingerprint density at radius 2 is 2.05 bits per heavy atom. The molecule has 2 aromatic rings. The minimum Gasteiger partial charge on any atom is -0.329 e. The molecule has 1 atom stereocenters. The fraction of sp³-hybridized carbons (Fsp3) is 0.316. The van der Waals surface area contributed by atoms with Crippen molar-refractivity contribution in [3.63, 3.8) is 0 Å². The van der Waals surface area contributed by atoms with Crippen molar-refractivity contribution in [3.8, 4) is 0 Å². The van der Waals surface area contributed by atoms with Crippen LogP contribution in [0.25, 0.3) is 5.57 Å². The maximum Gasteiger partial charge on any atom is 0.125 e. The van der Waals surface area contributed by atoms with E-state index < -0.39 is 0 Å². The Bertz CT molecular complexity index is 769. The molecule has 1 aromatic carbocycles. The second-order valence-corrected chi connectivity index (χ2v) is 7.20. The first kappa shape index (κ1) is 13.8. The van der Waals surface area contributed by atoms with Gasteiger partial charge in [-0.3, -0.25) is 0 Å². The lowest BCUT2D eigenvalue weighted by molar-refractivity contribution is 0.617. The molecule has 2 aliphatic rings. The summed E-state index contributed by atoms with van der Waals surface area (Å²) in [4.78, 5) is 7.36. The number of amidine groups is 1. The molecule has 0 spiro atoms.